The van der Waals surface area contributed by atoms with E-state index in [0.717, 1.165) is 11.1 Å². The van der Waals surface area contributed by atoms with Crippen molar-refractivity contribution in [1.29, 1.82) is 0 Å². The average molecular weight is 640 g/mol. The first-order chi connectivity index (χ1) is 21.2. The van der Waals surface area contributed by atoms with Crippen molar-refractivity contribution in [2.45, 2.75) is 81.6 Å². The predicted molar refractivity (Wildman–Crippen MR) is 179 cm³/mol. The van der Waals surface area contributed by atoms with E-state index < -0.39 is 29.2 Å². The van der Waals surface area contributed by atoms with Crippen LogP contribution >= 0.6 is 0 Å². The van der Waals surface area contributed by atoms with E-state index in [2.05, 4.69) is 13.5 Å². The van der Waals surface area contributed by atoms with Gasteiger partial charge in [0.1, 0.15) is 17.3 Å². The summed E-state index contributed by atoms with van der Waals surface area (Å²) in [4.78, 5) is 0. The first-order valence-corrected chi connectivity index (χ1v) is 15.7. The van der Waals surface area contributed by atoms with Crippen molar-refractivity contribution in [3.8, 4) is 0 Å². The van der Waals surface area contributed by atoms with E-state index in [1.165, 1.54) is 38.2 Å². The van der Waals surface area contributed by atoms with Gasteiger partial charge >= 0.3 is 21.7 Å². The van der Waals surface area contributed by atoms with E-state index >= 15 is 0 Å². The minimum Gasteiger partial charge on any atom is -0.380 e. The molecular weight excluding hydrogens is 592 g/mol. The average Bonchev–Trinajstić information content (AvgIpc) is 3.74. The third-order valence-electron chi connectivity index (χ3n) is 8.27. The molecule has 1 aliphatic carbocycles. The summed E-state index contributed by atoms with van der Waals surface area (Å²) in [5.41, 5.74) is 0.0574. The maximum absolute atomic E-state index is 12.5. The molecule has 1 aliphatic heterocycles. The second-order valence-corrected chi connectivity index (χ2v) is 11.9. The first kappa shape index (κ1) is 36.5. The van der Waals surface area contributed by atoms with Crippen LogP contribution in [0.5, 0.6) is 0 Å². The molecule has 2 fully saturated rings. The Kier molecular flexibility index (Phi) is 13.9. The first-order valence-electron chi connectivity index (χ1n) is 15.7. The Balaban J connectivity index is 0.000000543. The number of ether oxygens (including phenoxy) is 2. The Morgan fingerprint density at radius 3 is 1.31 bits per heavy atom. The molecule has 6 rings (SSSR count). The molecular formula is C40H47O4Ti+. The van der Waals surface area contributed by atoms with Crippen LogP contribution in [0.3, 0.4) is 0 Å². The Morgan fingerprint density at radius 1 is 0.667 bits per heavy atom. The molecule has 0 spiro atoms. The SMILES string of the molecule is C1CCCC1.C=C[CH2-].CC1(C)O[C@H](CC(O)(c2ccccc2)c2ccccc2)[C@@H](C(O)(c2ccccc2)c2ccccc2)O1.[Ti+2]. The summed E-state index contributed by atoms with van der Waals surface area (Å²) in [5.74, 6) is -0.957. The molecule has 2 N–H and O–H groups in total. The van der Waals surface area contributed by atoms with Gasteiger partial charge in [0, 0.05) is 6.42 Å². The monoisotopic (exact) mass is 639 g/mol. The molecule has 0 unspecified atom stereocenters. The summed E-state index contributed by atoms with van der Waals surface area (Å²) in [6.45, 7) is 10.2. The number of rotatable bonds is 7. The van der Waals surface area contributed by atoms with Gasteiger partial charge in [-0.3, -0.25) is 0 Å². The molecule has 45 heavy (non-hydrogen) atoms. The number of benzene rings is 4. The molecule has 0 bridgehead atoms. The van der Waals surface area contributed by atoms with Gasteiger partial charge in [-0.05, 0) is 36.1 Å². The second-order valence-electron chi connectivity index (χ2n) is 11.9. The Hall–Kier alpha value is -2.96. The van der Waals surface area contributed by atoms with E-state index in [9.17, 15) is 10.2 Å². The summed E-state index contributed by atoms with van der Waals surface area (Å²) in [6, 6.07) is 38.3. The van der Waals surface area contributed by atoms with Gasteiger partial charge < -0.3 is 19.7 Å². The van der Waals surface area contributed by atoms with Crippen LogP contribution in [0.25, 0.3) is 0 Å². The van der Waals surface area contributed by atoms with Gasteiger partial charge in [0.25, 0.3) is 0 Å². The summed E-state index contributed by atoms with van der Waals surface area (Å²) in [6.07, 6.45) is 7.78. The number of hydrogen-bond acceptors (Lipinski definition) is 4. The van der Waals surface area contributed by atoms with E-state index in [4.69, 9.17) is 9.47 Å². The molecule has 0 radical (unpaired) electrons. The van der Waals surface area contributed by atoms with E-state index in [1.807, 2.05) is 135 Å². The summed E-state index contributed by atoms with van der Waals surface area (Å²) >= 11 is 0. The van der Waals surface area contributed by atoms with Gasteiger partial charge in [0.15, 0.2) is 5.79 Å². The standard InChI is InChI=1S/C32H32O4.C5H10.C3H5.Ti/c1-30(2)35-28(23-31(33,24-15-7-3-8-16-24)25-17-9-4-10-18-25)29(36-30)32(34,26-19-11-5-12-20-26)27-21-13-6-14-22-27;1-2-4-5-3-1;1-3-2;/h3-22,28-29,33-34H,23H2,1-2H3;1-5H2;3H,1-2H2;/q;;-1;+2/t28-,29+;;;/m1.../s1. The molecule has 4 aromatic rings. The summed E-state index contributed by atoms with van der Waals surface area (Å²) in [7, 11) is 0. The predicted octanol–water partition coefficient (Wildman–Crippen LogP) is 8.72. The van der Waals surface area contributed by atoms with Crippen molar-refractivity contribution in [2.75, 3.05) is 0 Å². The number of allylic oxidation sites excluding steroid dienone is 1. The number of hydrogen-bond donors (Lipinski definition) is 2. The Morgan fingerprint density at radius 2 is 0.978 bits per heavy atom. The molecule has 0 amide bonds. The third-order valence-corrected chi connectivity index (χ3v) is 8.27. The van der Waals surface area contributed by atoms with Crippen LogP contribution in [0.1, 0.15) is 74.6 Å². The van der Waals surface area contributed by atoms with Gasteiger partial charge in [-0.25, -0.2) is 19.6 Å². The molecule has 0 aromatic heterocycles. The largest absolute Gasteiger partial charge is 2.00 e. The fraction of sp³-hybridized carbons (Fsp3) is 0.325. The van der Waals surface area contributed by atoms with Gasteiger partial charge in [-0.1, -0.05) is 153 Å². The smallest absolute Gasteiger partial charge is 0.380 e. The van der Waals surface area contributed by atoms with Gasteiger partial charge in [0.05, 0.1) is 6.10 Å². The minimum atomic E-state index is -1.50. The molecule has 1 saturated carbocycles. The van der Waals surface area contributed by atoms with Crippen LogP contribution in [-0.4, -0.2) is 28.2 Å². The van der Waals surface area contributed by atoms with E-state index in [1.54, 1.807) is 0 Å². The minimum absolute atomic E-state index is 0. The van der Waals surface area contributed by atoms with E-state index in [-0.39, 0.29) is 28.1 Å². The molecule has 1 saturated heterocycles. The van der Waals surface area contributed by atoms with Gasteiger partial charge in [0.2, 0.25) is 0 Å². The maximum atomic E-state index is 12.5. The van der Waals surface area contributed by atoms with Crippen molar-refractivity contribution < 1.29 is 41.4 Å². The van der Waals surface area contributed by atoms with Crippen molar-refractivity contribution in [2.24, 2.45) is 0 Å². The van der Waals surface area contributed by atoms with Crippen molar-refractivity contribution in [3.05, 3.63) is 163 Å². The third kappa shape index (κ3) is 9.07. The molecule has 2 atom stereocenters. The zero-order valence-electron chi connectivity index (χ0n) is 26.6. The zero-order valence-corrected chi connectivity index (χ0v) is 28.2. The quantitative estimate of drug-likeness (QED) is 0.157. The molecule has 234 valence electrons. The second kappa shape index (κ2) is 17.1. The van der Waals surface area contributed by atoms with Crippen LogP contribution in [-0.2, 0) is 42.4 Å². The molecule has 2 aliphatic rings. The van der Waals surface area contributed by atoms with E-state index in [0.29, 0.717) is 11.1 Å². The summed E-state index contributed by atoms with van der Waals surface area (Å²) < 4.78 is 12.9. The van der Waals surface area contributed by atoms with Crippen molar-refractivity contribution in [1.82, 2.24) is 0 Å². The topological polar surface area (TPSA) is 58.9 Å². The normalized spacial score (nSPS) is 18.8. The maximum Gasteiger partial charge on any atom is 2.00 e. The summed E-state index contributed by atoms with van der Waals surface area (Å²) in [5, 5.41) is 24.8. The Labute approximate surface area is 285 Å². The fourth-order valence-corrected chi connectivity index (χ4v) is 6.22. The van der Waals surface area contributed by atoms with Crippen LogP contribution in [0, 0.1) is 6.92 Å². The fourth-order valence-electron chi connectivity index (χ4n) is 6.22. The van der Waals surface area contributed by atoms with Crippen LogP contribution in [0.2, 0.25) is 0 Å². The van der Waals surface area contributed by atoms with Crippen LogP contribution in [0.15, 0.2) is 134 Å². The van der Waals surface area contributed by atoms with Gasteiger partial charge in [-0.15, -0.1) is 0 Å². The van der Waals surface area contributed by atoms with Crippen LogP contribution in [0.4, 0.5) is 0 Å². The number of aliphatic hydroxyl groups is 2. The van der Waals surface area contributed by atoms with Crippen molar-refractivity contribution >= 4 is 0 Å². The van der Waals surface area contributed by atoms with Crippen molar-refractivity contribution in [3.63, 3.8) is 0 Å². The van der Waals surface area contributed by atoms with Gasteiger partial charge in [-0.2, -0.15) is 0 Å². The molecule has 4 aromatic carbocycles. The molecule has 5 heteroatoms. The zero-order chi connectivity index (χ0) is 31.5. The molecule has 1 heterocycles. The Bertz CT molecular complexity index is 1300. The molecule has 4 nitrogen and oxygen atoms in total. The van der Waals surface area contributed by atoms with Crippen LogP contribution < -0.4 is 0 Å².